The summed E-state index contributed by atoms with van der Waals surface area (Å²) in [6.45, 7) is 12.6. The molecule has 0 unspecified atom stereocenters. The predicted octanol–water partition coefficient (Wildman–Crippen LogP) is 0.456. The van der Waals surface area contributed by atoms with Crippen LogP contribution in [0.5, 0.6) is 0 Å². The zero-order valence-electron chi connectivity index (χ0n) is 24.8. The average Bonchev–Trinajstić information content (AvgIpc) is 3.38. The van der Waals surface area contributed by atoms with Gasteiger partial charge in [-0.2, -0.15) is 0 Å². The lowest BCUT2D eigenvalue weighted by Gasteiger charge is -2.37. The minimum atomic E-state index is -1.17. The molecule has 2 heterocycles. The fraction of sp³-hybridized carbons (Fsp3) is 0.714. The summed E-state index contributed by atoms with van der Waals surface area (Å²) in [7, 11) is 3.00. The van der Waals surface area contributed by atoms with Crippen LogP contribution in [0, 0.1) is 11.8 Å². The van der Waals surface area contributed by atoms with Crippen LogP contribution in [0.1, 0.15) is 60.3 Å². The summed E-state index contributed by atoms with van der Waals surface area (Å²) in [5.41, 5.74) is 0. The van der Waals surface area contributed by atoms with Crippen LogP contribution in [0.3, 0.4) is 0 Å². The molecule has 2 aliphatic rings. The maximum absolute atomic E-state index is 13.7. The number of hydrogen-bond acceptors (Lipinski definition) is 7. The Morgan fingerprint density at radius 2 is 1.60 bits per heavy atom. The monoisotopic (exact) mass is 563 g/mol. The molecule has 0 aliphatic carbocycles. The molecule has 5 amide bonds. The summed E-state index contributed by atoms with van der Waals surface area (Å²) in [4.78, 5) is 83.5. The normalized spacial score (nSPS) is 28.5. The third-order valence-electron chi connectivity index (χ3n) is 7.58. The van der Waals surface area contributed by atoms with Crippen LogP contribution >= 0.6 is 0 Å². The zero-order valence-corrected chi connectivity index (χ0v) is 24.8. The Bertz CT molecular complexity index is 998. The maximum atomic E-state index is 13.7. The SMILES string of the molecule is C=CC[C@@H]1OC(=O)CCNC(=O)[C@H](C)N(C)C(=O)[C@H](C(C)C)N(C)C(=O)[C@H](C(C)C)NC(=O)[C@@H]2CCCN2C1=O. The minimum absolute atomic E-state index is 0.0558. The number of fused-ring (bicyclic) bond motifs is 1. The van der Waals surface area contributed by atoms with Crippen LogP contribution in [0.4, 0.5) is 0 Å². The van der Waals surface area contributed by atoms with Gasteiger partial charge in [-0.3, -0.25) is 28.8 Å². The number of esters is 1. The van der Waals surface area contributed by atoms with Crippen molar-refractivity contribution in [3.63, 3.8) is 0 Å². The van der Waals surface area contributed by atoms with Crippen LogP contribution in [0.25, 0.3) is 0 Å². The van der Waals surface area contributed by atoms with Crippen LogP contribution < -0.4 is 10.6 Å². The fourth-order valence-corrected chi connectivity index (χ4v) is 5.08. The van der Waals surface area contributed by atoms with Crippen LogP contribution in [-0.2, 0) is 33.5 Å². The first-order valence-corrected chi connectivity index (χ1v) is 13.9. The summed E-state index contributed by atoms with van der Waals surface area (Å²) >= 11 is 0. The molecule has 40 heavy (non-hydrogen) atoms. The summed E-state index contributed by atoms with van der Waals surface area (Å²) in [6.07, 6.45) is 1.12. The van der Waals surface area contributed by atoms with Gasteiger partial charge in [0.2, 0.25) is 23.6 Å². The number of ether oxygens (including phenoxy) is 1. The van der Waals surface area contributed by atoms with Gasteiger partial charge >= 0.3 is 5.97 Å². The molecule has 2 saturated heterocycles. The highest BCUT2D eigenvalue weighted by molar-refractivity contribution is 5.96. The van der Waals surface area contributed by atoms with E-state index in [1.807, 2.05) is 0 Å². The predicted molar refractivity (Wildman–Crippen MR) is 147 cm³/mol. The molecule has 0 aromatic rings. The molecule has 0 radical (unpaired) electrons. The van der Waals surface area contributed by atoms with Crippen molar-refractivity contribution >= 4 is 35.5 Å². The van der Waals surface area contributed by atoms with E-state index in [4.69, 9.17) is 4.74 Å². The number of rotatable bonds is 4. The third kappa shape index (κ3) is 7.60. The summed E-state index contributed by atoms with van der Waals surface area (Å²) in [6, 6.07) is -3.59. The Kier molecular flexibility index (Phi) is 11.7. The van der Waals surface area contributed by atoms with E-state index < -0.39 is 65.8 Å². The number of likely N-dealkylation sites (N-methyl/N-ethyl adjacent to an activating group) is 2. The van der Waals surface area contributed by atoms with Gasteiger partial charge in [0.25, 0.3) is 5.91 Å². The van der Waals surface area contributed by atoms with Gasteiger partial charge in [-0.05, 0) is 31.6 Å². The van der Waals surface area contributed by atoms with Gasteiger partial charge in [0.15, 0.2) is 6.10 Å². The second-order valence-corrected chi connectivity index (χ2v) is 11.2. The molecule has 0 spiro atoms. The quantitative estimate of drug-likeness (QED) is 0.373. The summed E-state index contributed by atoms with van der Waals surface area (Å²) < 4.78 is 5.43. The molecule has 0 aromatic carbocycles. The number of nitrogens with one attached hydrogen (secondary N) is 2. The lowest BCUT2D eigenvalue weighted by molar-refractivity contribution is -0.161. The number of hydrogen-bond donors (Lipinski definition) is 2. The molecule has 12 heteroatoms. The maximum Gasteiger partial charge on any atom is 0.308 e. The van der Waals surface area contributed by atoms with Crippen molar-refractivity contribution in [3.05, 3.63) is 12.7 Å². The Labute approximate surface area is 236 Å². The van der Waals surface area contributed by atoms with Crippen molar-refractivity contribution < 1.29 is 33.5 Å². The van der Waals surface area contributed by atoms with E-state index in [1.165, 1.54) is 34.9 Å². The Balaban J connectivity index is 2.50. The van der Waals surface area contributed by atoms with Gasteiger partial charge in [0.05, 0.1) is 6.42 Å². The van der Waals surface area contributed by atoms with Crippen LogP contribution in [-0.4, -0.2) is 108 Å². The highest BCUT2D eigenvalue weighted by atomic mass is 16.5. The third-order valence-corrected chi connectivity index (χ3v) is 7.58. The van der Waals surface area contributed by atoms with Gasteiger partial charge in [0, 0.05) is 33.6 Å². The highest BCUT2D eigenvalue weighted by Crippen LogP contribution is 2.22. The van der Waals surface area contributed by atoms with Crippen LogP contribution in [0.2, 0.25) is 0 Å². The molecule has 0 aromatic heterocycles. The number of nitrogens with zero attached hydrogens (tertiary/aromatic N) is 3. The summed E-state index contributed by atoms with van der Waals surface area (Å²) in [5.74, 6) is -3.67. The van der Waals surface area contributed by atoms with Gasteiger partial charge < -0.3 is 30.1 Å². The van der Waals surface area contributed by atoms with E-state index in [2.05, 4.69) is 17.2 Å². The smallest absolute Gasteiger partial charge is 0.308 e. The molecule has 2 aliphatic heterocycles. The molecule has 0 saturated carbocycles. The lowest BCUT2D eigenvalue weighted by atomic mass is 9.97. The molecule has 224 valence electrons. The Hall–Kier alpha value is -3.44. The van der Waals surface area contributed by atoms with Gasteiger partial charge in [-0.15, -0.1) is 6.58 Å². The van der Waals surface area contributed by atoms with Gasteiger partial charge in [0.1, 0.15) is 24.2 Å². The highest BCUT2D eigenvalue weighted by Gasteiger charge is 2.42. The molecule has 2 rings (SSSR count). The molecular weight excluding hydrogens is 518 g/mol. The molecule has 2 N–H and O–H groups in total. The number of cyclic esters (lactones) is 1. The fourth-order valence-electron chi connectivity index (χ4n) is 5.08. The van der Waals surface area contributed by atoms with Crippen molar-refractivity contribution in [1.82, 2.24) is 25.3 Å². The first-order chi connectivity index (χ1) is 18.7. The molecular formula is C28H45N5O7. The van der Waals surface area contributed by atoms with Crippen LogP contribution in [0.15, 0.2) is 12.7 Å². The van der Waals surface area contributed by atoms with E-state index in [1.54, 1.807) is 34.6 Å². The number of carbonyl (C=O) groups excluding carboxylic acids is 6. The molecule has 2 fully saturated rings. The molecule has 0 bridgehead atoms. The minimum Gasteiger partial charge on any atom is -0.452 e. The van der Waals surface area contributed by atoms with Crippen molar-refractivity contribution in [2.45, 2.75) is 90.6 Å². The topological polar surface area (TPSA) is 145 Å². The van der Waals surface area contributed by atoms with E-state index in [0.717, 1.165) is 0 Å². The van der Waals surface area contributed by atoms with E-state index in [0.29, 0.717) is 19.4 Å². The summed E-state index contributed by atoms with van der Waals surface area (Å²) in [5, 5.41) is 5.45. The first-order valence-electron chi connectivity index (χ1n) is 13.9. The van der Waals surface area contributed by atoms with Crippen molar-refractivity contribution in [2.75, 3.05) is 27.2 Å². The van der Waals surface area contributed by atoms with Gasteiger partial charge in [-0.25, -0.2) is 0 Å². The first kappa shape index (κ1) is 32.8. The van der Waals surface area contributed by atoms with Gasteiger partial charge in [-0.1, -0.05) is 33.8 Å². The average molecular weight is 564 g/mol. The second-order valence-electron chi connectivity index (χ2n) is 11.2. The molecule has 5 atom stereocenters. The zero-order chi connectivity index (χ0) is 30.3. The van der Waals surface area contributed by atoms with E-state index in [-0.39, 0.29) is 31.2 Å². The van der Waals surface area contributed by atoms with Crippen molar-refractivity contribution in [3.8, 4) is 0 Å². The molecule has 12 nitrogen and oxygen atoms in total. The Morgan fingerprint density at radius 3 is 2.17 bits per heavy atom. The van der Waals surface area contributed by atoms with Crippen molar-refractivity contribution in [1.29, 1.82) is 0 Å². The van der Waals surface area contributed by atoms with E-state index in [9.17, 15) is 28.8 Å². The van der Waals surface area contributed by atoms with Crippen molar-refractivity contribution in [2.24, 2.45) is 11.8 Å². The number of carbonyl (C=O) groups is 6. The Morgan fingerprint density at radius 1 is 0.950 bits per heavy atom. The second kappa shape index (κ2) is 14.3. The van der Waals surface area contributed by atoms with E-state index >= 15 is 0 Å². The standard InChI is InChI=1S/C28H45N5O7/c1-9-11-20-26(37)33-15-10-12-19(33)25(36)30-22(16(2)3)27(38)32(8)23(17(4)5)28(39)31(7)18(6)24(35)29-14-13-21(34)40-20/h9,16-20,22-23H,1,10-15H2,2-8H3,(H,29,35)(H,30,36)/t18-,19-,20-,22-,23-/m0/s1. The lowest BCUT2D eigenvalue weighted by Crippen LogP contribution is -2.60. The largest absolute Gasteiger partial charge is 0.452 e. The number of amides is 5.